The number of unbranched alkanes of at least 4 members (excludes halogenated alkanes) is 1. The average molecular weight is 413 g/mol. The zero-order valence-electron chi connectivity index (χ0n) is 18.1. The molecule has 0 fully saturated rings. The number of carbonyl (C=O) groups excluding carboxylic acids is 2. The van der Waals surface area contributed by atoms with Gasteiger partial charge < -0.3 is 19.7 Å². The highest BCUT2D eigenvalue weighted by Crippen LogP contribution is 2.17. The number of amides is 2. The van der Waals surface area contributed by atoms with Crippen LogP contribution in [0.1, 0.15) is 38.7 Å². The predicted molar refractivity (Wildman–Crippen MR) is 117 cm³/mol. The monoisotopic (exact) mass is 412 g/mol. The molecule has 0 aliphatic carbocycles. The molecular weight excluding hydrogens is 380 g/mol. The molecule has 162 valence electrons. The Morgan fingerprint density at radius 3 is 2.30 bits per heavy atom. The van der Waals surface area contributed by atoms with E-state index in [0.717, 1.165) is 24.2 Å². The van der Waals surface area contributed by atoms with Crippen molar-refractivity contribution < 1.29 is 19.1 Å². The Hall–Kier alpha value is -3.02. The van der Waals surface area contributed by atoms with E-state index in [1.807, 2.05) is 49.4 Å². The average Bonchev–Trinajstić information content (AvgIpc) is 2.78. The zero-order valence-corrected chi connectivity index (χ0v) is 18.1. The van der Waals surface area contributed by atoms with Gasteiger partial charge in [0.05, 0.1) is 7.11 Å². The second-order valence-corrected chi connectivity index (χ2v) is 7.04. The molecular formula is C24H32N2O4. The van der Waals surface area contributed by atoms with Crippen LogP contribution in [-0.4, -0.2) is 43.0 Å². The summed E-state index contributed by atoms with van der Waals surface area (Å²) in [6.07, 6.45) is 2.42. The van der Waals surface area contributed by atoms with E-state index in [4.69, 9.17) is 9.47 Å². The molecule has 0 bridgehead atoms. The van der Waals surface area contributed by atoms with Crippen molar-refractivity contribution in [2.75, 3.05) is 20.3 Å². The summed E-state index contributed by atoms with van der Waals surface area (Å²) in [5.41, 5.74) is 0.920. The summed E-state index contributed by atoms with van der Waals surface area (Å²) in [5.74, 6) is 1.00. The fourth-order valence-corrected chi connectivity index (χ4v) is 3.10. The van der Waals surface area contributed by atoms with Gasteiger partial charge in [0.15, 0.2) is 6.61 Å². The van der Waals surface area contributed by atoms with Gasteiger partial charge in [0.1, 0.15) is 17.5 Å². The van der Waals surface area contributed by atoms with Crippen LogP contribution in [0.5, 0.6) is 11.5 Å². The summed E-state index contributed by atoms with van der Waals surface area (Å²) in [4.78, 5) is 27.5. The minimum atomic E-state index is -0.559. The molecule has 0 aliphatic rings. The smallest absolute Gasteiger partial charge is 0.261 e. The first-order valence-electron chi connectivity index (χ1n) is 10.5. The normalized spacial score (nSPS) is 11.4. The lowest BCUT2D eigenvalue weighted by Gasteiger charge is -2.30. The molecule has 0 aromatic heterocycles. The molecule has 6 heteroatoms. The fraction of sp³-hybridized carbons (Fsp3) is 0.417. The first-order chi connectivity index (χ1) is 14.6. The van der Waals surface area contributed by atoms with Crippen molar-refractivity contribution in [1.29, 1.82) is 0 Å². The van der Waals surface area contributed by atoms with Gasteiger partial charge in [-0.1, -0.05) is 50.6 Å². The van der Waals surface area contributed by atoms with Gasteiger partial charge in [0.2, 0.25) is 5.91 Å². The highest BCUT2D eigenvalue weighted by molar-refractivity contribution is 5.88. The van der Waals surface area contributed by atoms with Crippen molar-refractivity contribution >= 4 is 11.8 Å². The molecule has 2 amide bonds. The molecule has 2 aromatic rings. The molecule has 30 heavy (non-hydrogen) atoms. The van der Waals surface area contributed by atoms with Crippen molar-refractivity contribution in [1.82, 2.24) is 10.2 Å². The van der Waals surface area contributed by atoms with E-state index < -0.39 is 6.04 Å². The number of carbonyl (C=O) groups is 2. The standard InChI is InChI=1S/C24H32N2O4/c1-4-6-16-25-24(28)22(5-2)26(17-19-12-14-20(29-3)15-13-19)23(27)18-30-21-10-8-7-9-11-21/h7-15,22H,4-6,16-18H2,1-3H3,(H,25,28)/t22-/m0/s1. The maximum absolute atomic E-state index is 13.1. The van der Waals surface area contributed by atoms with Gasteiger partial charge in [-0.3, -0.25) is 9.59 Å². The summed E-state index contributed by atoms with van der Waals surface area (Å²) >= 11 is 0. The summed E-state index contributed by atoms with van der Waals surface area (Å²) in [5, 5.41) is 2.95. The Labute approximate surface area is 179 Å². The van der Waals surface area contributed by atoms with Crippen molar-refractivity contribution in [3.05, 3.63) is 60.2 Å². The first kappa shape index (κ1) is 23.3. The van der Waals surface area contributed by atoms with Crippen molar-refractivity contribution in [2.45, 2.75) is 45.7 Å². The Bertz CT molecular complexity index is 778. The van der Waals surface area contributed by atoms with Crippen molar-refractivity contribution in [3.63, 3.8) is 0 Å². The predicted octanol–water partition coefficient (Wildman–Crippen LogP) is 3.80. The lowest BCUT2D eigenvalue weighted by molar-refractivity contribution is -0.143. The van der Waals surface area contributed by atoms with Crippen molar-refractivity contribution in [2.24, 2.45) is 0 Å². The molecule has 0 heterocycles. The number of hydrogen-bond acceptors (Lipinski definition) is 4. The highest BCUT2D eigenvalue weighted by atomic mass is 16.5. The van der Waals surface area contributed by atoms with Gasteiger partial charge in [0.25, 0.3) is 5.91 Å². The minimum absolute atomic E-state index is 0.126. The summed E-state index contributed by atoms with van der Waals surface area (Å²) in [6.45, 7) is 4.79. The largest absolute Gasteiger partial charge is 0.497 e. The van der Waals surface area contributed by atoms with Crippen LogP contribution in [0.2, 0.25) is 0 Å². The van der Waals surface area contributed by atoms with Crippen LogP contribution in [0.4, 0.5) is 0 Å². The van der Waals surface area contributed by atoms with Crippen LogP contribution in [0.25, 0.3) is 0 Å². The number of methoxy groups -OCH3 is 1. The third-order valence-corrected chi connectivity index (χ3v) is 4.83. The van der Waals surface area contributed by atoms with Crippen LogP contribution in [0, 0.1) is 0 Å². The van der Waals surface area contributed by atoms with Crippen LogP contribution in [0.3, 0.4) is 0 Å². The topological polar surface area (TPSA) is 67.9 Å². The highest BCUT2D eigenvalue weighted by Gasteiger charge is 2.28. The molecule has 0 aliphatic heterocycles. The van der Waals surface area contributed by atoms with E-state index in [0.29, 0.717) is 25.3 Å². The summed E-state index contributed by atoms with van der Waals surface area (Å²) < 4.78 is 10.9. The molecule has 2 rings (SSSR count). The number of ether oxygens (including phenoxy) is 2. The number of nitrogens with zero attached hydrogens (tertiary/aromatic N) is 1. The maximum Gasteiger partial charge on any atom is 0.261 e. The zero-order chi connectivity index (χ0) is 21.8. The lowest BCUT2D eigenvalue weighted by Crippen LogP contribution is -2.50. The SMILES string of the molecule is CCCCNC(=O)[C@H](CC)N(Cc1ccc(OC)cc1)C(=O)COc1ccccc1. The van der Waals surface area contributed by atoms with Crippen molar-refractivity contribution in [3.8, 4) is 11.5 Å². The van der Waals surface area contributed by atoms with Crippen LogP contribution >= 0.6 is 0 Å². The van der Waals surface area contributed by atoms with Gasteiger partial charge in [0, 0.05) is 13.1 Å². The Morgan fingerprint density at radius 2 is 1.70 bits per heavy atom. The third-order valence-electron chi connectivity index (χ3n) is 4.83. The molecule has 0 unspecified atom stereocenters. The van der Waals surface area contributed by atoms with E-state index >= 15 is 0 Å². The van der Waals surface area contributed by atoms with Gasteiger partial charge >= 0.3 is 0 Å². The van der Waals surface area contributed by atoms with E-state index in [1.165, 1.54) is 0 Å². The quantitative estimate of drug-likeness (QED) is 0.539. The summed E-state index contributed by atoms with van der Waals surface area (Å²) in [7, 11) is 1.61. The Morgan fingerprint density at radius 1 is 1.00 bits per heavy atom. The van der Waals surface area contributed by atoms with E-state index in [-0.39, 0.29) is 18.4 Å². The number of hydrogen-bond donors (Lipinski definition) is 1. The second kappa shape index (κ2) is 12.5. The van der Waals surface area contributed by atoms with E-state index in [1.54, 1.807) is 24.1 Å². The summed E-state index contributed by atoms with van der Waals surface area (Å²) in [6, 6.07) is 16.1. The van der Waals surface area contributed by atoms with Crippen LogP contribution in [0.15, 0.2) is 54.6 Å². The maximum atomic E-state index is 13.1. The number of rotatable bonds is 12. The number of para-hydroxylation sites is 1. The number of nitrogens with one attached hydrogen (secondary N) is 1. The van der Waals surface area contributed by atoms with E-state index in [9.17, 15) is 9.59 Å². The second-order valence-electron chi connectivity index (χ2n) is 7.04. The van der Waals surface area contributed by atoms with Gasteiger partial charge in [-0.15, -0.1) is 0 Å². The van der Waals surface area contributed by atoms with Gasteiger partial charge in [-0.25, -0.2) is 0 Å². The fourth-order valence-electron chi connectivity index (χ4n) is 3.10. The molecule has 6 nitrogen and oxygen atoms in total. The molecule has 1 N–H and O–H groups in total. The molecule has 0 saturated heterocycles. The minimum Gasteiger partial charge on any atom is -0.497 e. The molecule has 0 spiro atoms. The lowest BCUT2D eigenvalue weighted by atomic mass is 10.1. The van der Waals surface area contributed by atoms with Crippen LogP contribution in [-0.2, 0) is 16.1 Å². The molecule has 0 saturated carbocycles. The first-order valence-corrected chi connectivity index (χ1v) is 10.5. The molecule has 1 atom stereocenters. The molecule has 2 aromatic carbocycles. The Balaban J connectivity index is 2.15. The Kier molecular flexibility index (Phi) is 9.71. The van der Waals surface area contributed by atoms with E-state index in [2.05, 4.69) is 12.2 Å². The van der Waals surface area contributed by atoms with Gasteiger partial charge in [-0.2, -0.15) is 0 Å². The molecule has 0 radical (unpaired) electrons. The number of benzene rings is 2. The van der Waals surface area contributed by atoms with Gasteiger partial charge in [-0.05, 0) is 42.7 Å². The third kappa shape index (κ3) is 7.10. The van der Waals surface area contributed by atoms with Crippen LogP contribution < -0.4 is 14.8 Å².